The lowest BCUT2D eigenvalue weighted by molar-refractivity contribution is 0.0371. The van der Waals surface area contributed by atoms with Crippen molar-refractivity contribution in [2.75, 3.05) is 35.5 Å². The molecule has 9 nitrogen and oxygen atoms in total. The minimum Gasteiger partial charge on any atom is -0.496 e. The van der Waals surface area contributed by atoms with E-state index >= 15 is 0 Å². The second-order valence-corrected chi connectivity index (χ2v) is 8.34. The minimum absolute atomic E-state index is 0.0299. The van der Waals surface area contributed by atoms with Crippen molar-refractivity contribution in [1.82, 2.24) is 0 Å². The molecule has 37 heavy (non-hydrogen) atoms. The average Bonchev–Trinajstić information content (AvgIpc) is 2.90. The molecule has 0 amide bonds. The van der Waals surface area contributed by atoms with Crippen LogP contribution >= 0.6 is 0 Å². The Hall–Kier alpha value is -4.27. The maximum Gasteiger partial charge on any atom is 0.339 e. The number of hydrogen-bond donors (Lipinski definition) is 0. The summed E-state index contributed by atoms with van der Waals surface area (Å²) in [5.74, 6) is -0.364. The second kappa shape index (κ2) is 11.6. The van der Waals surface area contributed by atoms with Gasteiger partial charge in [-0.3, -0.25) is 9.59 Å². The average molecular weight is 511 g/mol. The Bertz CT molecular complexity index is 1260. The van der Waals surface area contributed by atoms with Crippen molar-refractivity contribution in [3.05, 3.63) is 64.3 Å². The number of rotatable bonds is 10. The molecule has 0 radical (unpaired) electrons. The molecule has 196 valence electrons. The van der Waals surface area contributed by atoms with Crippen LogP contribution in [0.1, 0.15) is 51.3 Å². The topological polar surface area (TPSA) is 107 Å². The van der Waals surface area contributed by atoms with Crippen molar-refractivity contribution in [3.63, 3.8) is 0 Å². The Kier molecular flexibility index (Phi) is 8.60. The summed E-state index contributed by atoms with van der Waals surface area (Å²) in [6.45, 7) is 3.76. The Morgan fingerprint density at radius 2 is 1.35 bits per heavy atom. The van der Waals surface area contributed by atoms with Gasteiger partial charge in [-0.1, -0.05) is 11.6 Å². The summed E-state index contributed by atoms with van der Waals surface area (Å²) in [6.07, 6.45) is 2.13. The lowest BCUT2D eigenvalue weighted by Crippen LogP contribution is -2.29. The van der Waals surface area contributed by atoms with E-state index in [1.807, 2.05) is 19.9 Å². The molecule has 2 aromatic carbocycles. The number of carbonyl (C=O) groups is 3. The van der Waals surface area contributed by atoms with E-state index in [-0.39, 0.29) is 51.7 Å². The molecule has 1 aliphatic rings. The van der Waals surface area contributed by atoms with Gasteiger partial charge in [-0.2, -0.15) is 0 Å². The molecular weight excluding hydrogens is 480 g/mol. The number of methoxy groups -OCH3 is 5. The van der Waals surface area contributed by atoms with Gasteiger partial charge in [0.1, 0.15) is 17.6 Å². The summed E-state index contributed by atoms with van der Waals surface area (Å²) < 4.78 is 32.5. The zero-order valence-electron chi connectivity index (χ0n) is 21.9. The van der Waals surface area contributed by atoms with E-state index in [1.165, 1.54) is 53.8 Å². The van der Waals surface area contributed by atoms with Crippen molar-refractivity contribution in [1.29, 1.82) is 0 Å². The molecule has 0 heterocycles. The largest absolute Gasteiger partial charge is 0.496 e. The molecule has 1 aliphatic carbocycles. The smallest absolute Gasteiger partial charge is 0.339 e. The van der Waals surface area contributed by atoms with E-state index in [1.54, 1.807) is 12.1 Å². The summed E-state index contributed by atoms with van der Waals surface area (Å²) in [4.78, 5) is 40.1. The summed E-state index contributed by atoms with van der Waals surface area (Å²) in [7, 11) is 7.13. The molecule has 0 bridgehead atoms. The molecule has 2 aromatic rings. The van der Waals surface area contributed by atoms with Gasteiger partial charge in [0.05, 0.1) is 52.2 Å². The maximum absolute atomic E-state index is 13.7. The highest BCUT2D eigenvalue weighted by molar-refractivity contribution is 6.27. The monoisotopic (exact) mass is 510 g/mol. The van der Waals surface area contributed by atoms with Crippen LogP contribution in [0.25, 0.3) is 0 Å². The third kappa shape index (κ3) is 5.45. The van der Waals surface area contributed by atoms with Crippen molar-refractivity contribution < 1.29 is 42.8 Å². The second-order valence-electron chi connectivity index (χ2n) is 8.34. The van der Waals surface area contributed by atoms with Crippen molar-refractivity contribution >= 4 is 17.5 Å². The maximum atomic E-state index is 13.7. The van der Waals surface area contributed by atoms with Crippen LogP contribution in [0.5, 0.6) is 28.7 Å². The number of Topliss-reactive ketones (excluding diaryl/α,β-unsaturated/α-hetero) is 1. The van der Waals surface area contributed by atoms with Gasteiger partial charge in [0.15, 0.2) is 23.1 Å². The molecule has 0 aliphatic heterocycles. The standard InChI is InChI=1S/C28H30O9/c1-15(2)8-9-19(37-28(31)16-12-22(34-5)27(36-7)23(13-16)35-6)17-14-18(29)24-20(32-3)10-11-21(33-4)25(24)26(17)30/h8,10-14,19H,9H2,1-7H3. The Labute approximate surface area is 215 Å². The number of hydrogen-bond acceptors (Lipinski definition) is 9. The summed E-state index contributed by atoms with van der Waals surface area (Å²) in [5.41, 5.74) is 1.26. The van der Waals surface area contributed by atoms with Crippen LogP contribution in [-0.4, -0.2) is 59.2 Å². The minimum atomic E-state index is -1.05. The Morgan fingerprint density at radius 3 is 1.84 bits per heavy atom. The number of ketones is 2. The predicted octanol–water partition coefficient (Wildman–Crippen LogP) is 4.62. The molecule has 9 heteroatoms. The van der Waals surface area contributed by atoms with Gasteiger partial charge >= 0.3 is 5.97 Å². The summed E-state index contributed by atoms with van der Waals surface area (Å²) in [5, 5.41) is 0. The first-order valence-corrected chi connectivity index (χ1v) is 11.4. The van der Waals surface area contributed by atoms with Crippen molar-refractivity contribution in [3.8, 4) is 28.7 Å². The number of fused-ring (bicyclic) bond motifs is 1. The van der Waals surface area contributed by atoms with Gasteiger partial charge in [0, 0.05) is 12.0 Å². The molecule has 0 fully saturated rings. The highest BCUT2D eigenvalue weighted by atomic mass is 16.5. The van der Waals surface area contributed by atoms with E-state index in [0.717, 1.165) is 5.57 Å². The number of allylic oxidation sites excluding steroid dienone is 2. The lowest BCUT2D eigenvalue weighted by Gasteiger charge is -2.25. The first kappa shape index (κ1) is 27.3. The van der Waals surface area contributed by atoms with Crippen LogP contribution in [-0.2, 0) is 4.74 Å². The highest BCUT2D eigenvalue weighted by Gasteiger charge is 2.36. The molecule has 0 N–H and O–H groups in total. The fraction of sp³-hybridized carbons (Fsp3) is 0.321. The van der Waals surface area contributed by atoms with E-state index in [9.17, 15) is 14.4 Å². The van der Waals surface area contributed by atoms with Crippen LogP contribution < -0.4 is 23.7 Å². The van der Waals surface area contributed by atoms with Gasteiger partial charge in [0.2, 0.25) is 5.75 Å². The Morgan fingerprint density at radius 1 is 0.811 bits per heavy atom. The van der Waals surface area contributed by atoms with Crippen LogP contribution in [0, 0.1) is 0 Å². The van der Waals surface area contributed by atoms with Gasteiger partial charge in [0.25, 0.3) is 0 Å². The fourth-order valence-electron chi connectivity index (χ4n) is 4.01. The van der Waals surface area contributed by atoms with E-state index in [4.69, 9.17) is 28.4 Å². The highest BCUT2D eigenvalue weighted by Crippen LogP contribution is 2.40. The van der Waals surface area contributed by atoms with Crippen LogP contribution in [0.15, 0.2) is 47.6 Å². The van der Waals surface area contributed by atoms with E-state index in [0.29, 0.717) is 5.75 Å². The normalized spacial score (nSPS) is 13.1. The van der Waals surface area contributed by atoms with Crippen molar-refractivity contribution in [2.24, 2.45) is 0 Å². The first-order valence-electron chi connectivity index (χ1n) is 11.4. The van der Waals surface area contributed by atoms with Crippen LogP contribution in [0.3, 0.4) is 0 Å². The van der Waals surface area contributed by atoms with E-state index < -0.39 is 23.6 Å². The third-order valence-corrected chi connectivity index (χ3v) is 5.83. The number of esters is 1. The molecule has 0 aromatic heterocycles. The van der Waals surface area contributed by atoms with Crippen LogP contribution in [0.2, 0.25) is 0 Å². The molecule has 0 saturated carbocycles. The van der Waals surface area contributed by atoms with Gasteiger partial charge < -0.3 is 28.4 Å². The van der Waals surface area contributed by atoms with Crippen molar-refractivity contribution in [2.45, 2.75) is 26.4 Å². The zero-order valence-corrected chi connectivity index (χ0v) is 21.9. The van der Waals surface area contributed by atoms with Gasteiger partial charge in [-0.05, 0) is 44.2 Å². The predicted molar refractivity (Wildman–Crippen MR) is 136 cm³/mol. The summed E-state index contributed by atoms with van der Waals surface area (Å²) >= 11 is 0. The molecular formula is C28H30O9. The lowest BCUT2D eigenvalue weighted by atomic mass is 9.85. The van der Waals surface area contributed by atoms with E-state index in [2.05, 4.69) is 0 Å². The first-order chi connectivity index (χ1) is 17.7. The Balaban J connectivity index is 2.06. The number of benzene rings is 2. The van der Waals surface area contributed by atoms with Gasteiger partial charge in [-0.25, -0.2) is 4.79 Å². The third-order valence-electron chi connectivity index (χ3n) is 5.83. The molecule has 0 saturated heterocycles. The van der Waals surface area contributed by atoms with Crippen LogP contribution in [0.4, 0.5) is 0 Å². The molecule has 1 unspecified atom stereocenters. The SMILES string of the molecule is COc1cc(C(=O)OC(CC=C(C)C)C2=CC(=O)c3c(OC)ccc(OC)c3C2=O)cc(OC)c1OC. The fourth-order valence-corrected chi connectivity index (χ4v) is 4.01. The number of ether oxygens (including phenoxy) is 6. The molecule has 0 spiro atoms. The number of carbonyl (C=O) groups excluding carboxylic acids is 3. The molecule has 3 rings (SSSR count). The molecule has 1 atom stereocenters. The summed E-state index contributed by atoms with van der Waals surface area (Å²) in [6, 6.07) is 6.02. The van der Waals surface area contributed by atoms with Gasteiger partial charge in [-0.15, -0.1) is 0 Å². The zero-order chi connectivity index (χ0) is 27.3. The quantitative estimate of drug-likeness (QED) is 0.334.